The van der Waals surface area contributed by atoms with Gasteiger partial charge in [0.2, 0.25) is 0 Å². The molecule has 0 spiro atoms. The number of benzene rings is 3. The Morgan fingerprint density at radius 2 is 1.59 bits per heavy atom. The van der Waals surface area contributed by atoms with E-state index >= 15 is 0 Å². The van der Waals surface area contributed by atoms with Gasteiger partial charge in [0.25, 0.3) is 5.91 Å². The third kappa shape index (κ3) is 5.98. The lowest BCUT2D eigenvalue weighted by atomic mass is 9.86. The van der Waals surface area contributed by atoms with E-state index < -0.39 is 8.07 Å². The number of anilines is 1. The summed E-state index contributed by atoms with van der Waals surface area (Å²) < 4.78 is 23.3. The minimum absolute atomic E-state index is 0.0246. The topological polar surface area (TPSA) is 86.3 Å². The molecule has 0 radical (unpaired) electrons. The molecule has 4 rings (SSSR count). The molecule has 208 valence electrons. The zero-order valence-electron chi connectivity index (χ0n) is 23.6. The van der Waals surface area contributed by atoms with Crippen molar-refractivity contribution < 1.29 is 28.8 Å². The van der Waals surface area contributed by atoms with Crippen molar-refractivity contribution in [3.05, 3.63) is 77.9 Å². The summed E-state index contributed by atoms with van der Waals surface area (Å²) in [6, 6.07) is 21.0. The smallest absolute Gasteiger partial charge is 0.255 e. The van der Waals surface area contributed by atoms with Crippen LogP contribution in [0.2, 0.25) is 18.6 Å². The van der Waals surface area contributed by atoms with Crippen LogP contribution in [0.25, 0.3) is 0 Å². The molecule has 0 saturated heterocycles. The average molecular weight is 550 g/mol. The predicted molar refractivity (Wildman–Crippen MR) is 156 cm³/mol. The summed E-state index contributed by atoms with van der Waals surface area (Å²) in [5.74, 6) is 2.09. The first-order chi connectivity index (χ1) is 18.7. The number of nitrogens with one attached hydrogen (secondary N) is 1. The number of rotatable bonds is 10. The van der Waals surface area contributed by atoms with Crippen molar-refractivity contribution in [3.63, 3.8) is 0 Å². The van der Waals surface area contributed by atoms with Crippen LogP contribution in [0, 0.1) is 5.92 Å². The lowest BCUT2D eigenvalue weighted by Gasteiger charge is -2.45. The molecule has 1 amide bonds. The molecule has 0 saturated carbocycles. The molecule has 2 N–H and O–H groups in total. The molecule has 0 bridgehead atoms. The summed E-state index contributed by atoms with van der Waals surface area (Å²) in [6.45, 7) is 6.90. The highest BCUT2D eigenvalue weighted by Crippen LogP contribution is 2.47. The number of hydrogen-bond donors (Lipinski definition) is 2. The number of hydrogen-bond acceptors (Lipinski definition) is 6. The second-order valence-electron chi connectivity index (χ2n) is 10.6. The molecule has 1 aliphatic rings. The monoisotopic (exact) mass is 549 g/mol. The average Bonchev–Trinajstić information content (AvgIpc) is 2.95. The Morgan fingerprint density at radius 3 is 2.15 bits per heavy atom. The summed E-state index contributed by atoms with van der Waals surface area (Å²) in [6.07, 6.45) is 0.277. The van der Waals surface area contributed by atoms with E-state index in [9.17, 15) is 9.90 Å². The molecule has 7 nitrogen and oxygen atoms in total. The first-order valence-electron chi connectivity index (χ1n) is 13.3. The largest absolute Gasteiger partial charge is 0.497 e. The first kappa shape index (κ1) is 28.7. The van der Waals surface area contributed by atoms with E-state index in [1.165, 1.54) is 5.19 Å². The fraction of sp³-hybridized carbons (Fsp3) is 0.387. The van der Waals surface area contributed by atoms with Crippen molar-refractivity contribution in [1.29, 1.82) is 0 Å². The quantitative estimate of drug-likeness (QED) is 0.329. The van der Waals surface area contributed by atoms with Gasteiger partial charge >= 0.3 is 0 Å². The summed E-state index contributed by atoms with van der Waals surface area (Å²) in [5, 5.41) is 14.3. The van der Waals surface area contributed by atoms with Gasteiger partial charge < -0.3 is 29.4 Å². The van der Waals surface area contributed by atoms with Crippen LogP contribution < -0.4 is 24.7 Å². The standard InChI is InChI=1S/C31H39NO6Si/c1-20-29(37-4)26-19-22(32-31(34)21-7-10-23(35-2)11-8-21)9-16-27(26)38-30(20)28(17-18-33)39(5,6)25-14-12-24(36-3)13-15-25/h7-16,19-20,28-30,33H,17-18H2,1-6H3,(H,32,34)/t20-,28?,29-,30-/m0/s1. The Labute approximate surface area is 232 Å². The fourth-order valence-corrected chi connectivity index (χ4v) is 9.21. The van der Waals surface area contributed by atoms with Gasteiger partial charge in [0.1, 0.15) is 23.4 Å². The molecule has 8 heteroatoms. The molecular weight excluding hydrogens is 510 g/mol. The molecule has 0 aromatic heterocycles. The zero-order chi connectivity index (χ0) is 28.2. The van der Waals surface area contributed by atoms with Gasteiger partial charge in [-0.3, -0.25) is 4.79 Å². The predicted octanol–water partition coefficient (Wildman–Crippen LogP) is 5.41. The molecule has 0 fully saturated rings. The Kier molecular flexibility index (Phi) is 9.00. The normalized spacial score (nSPS) is 19.4. The van der Waals surface area contributed by atoms with Crippen LogP contribution in [0.5, 0.6) is 17.2 Å². The molecule has 39 heavy (non-hydrogen) atoms. The van der Waals surface area contributed by atoms with Gasteiger partial charge in [0.15, 0.2) is 0 Å². The highest BCUT2D eigenvalue weighted by atomic mass is 28.3. The molecule has 4 atom stereocenters. The maximum absolute atomic E-state index is 12.9. The highest BCUT2D eigenvalue weighted by Gasteiger charge is 2.46. The van der Waals surface area contributed by atoms with Gasteiger partial charge in [-0.1, -0.05) is 37.3 Å². The second kappa shape index (κ2) is 12.2. The van der Waals surface area contributed by atoms with Gasteiger partial charge in [-0.25, -0.2) is 0 Å². The molecule has 1 heterocycles. The lowest BCUT2D eigenvalue weighted by Crippen LogP contribution is -2.54. The van der Waals surface area contributed by atoms with E-state index in [0.717, 1.165) is 17.1 Å². The number of aliphatic hydroxyl groups is 1. The van der Waals surface area contributed by atoms with Crippen molar-refractivity contribution in [2.75, 3.05) is 33.3 Å². The van der Waals surface area contributed by atoms with Gasteiger partial charge in [-0.05, 0) is 66.6 Å². The van der Waals surface area contributed by atoms with Gasteiger partial charge in [-0.2, -0.15) is 0 Å². The van der Waals surface area contributed by atoms with Crippen LogP contribution in [0.1, 0.15) is 35.4 Å². The molecule has 1 unspecified atom stereocenters. The number of carbonyl (C=O) groups excluding carboxylic acids is 1. The second-order valence-corrected chi connectivity index (χ2v) is 15.4. The van der Waals surface area contributed by atoms with E-state index in [-0.39, 0.29) is 36.2 Å². The highest BCUT2D eigenvalue weighted by molar-refractivity contribution is 6.91. The van der Waals surface area contributed by atoms with Gasteiger partial charge in [0.05, 0.1) is 28.4 Å². The third-order valence-corrected chi connectivity index (χ3v) is 12.3. The van der Waals surface area contributed by atoms with Crippen molar-refractivity contribution in [3.8, 4) is 17.2 Å². The van der Waals surface area contributed by atoms with E-state index in [1.807, 2.05) is 30.3 Å². The van der Waals surface area contributed by atoms with E-state index in [4.69, 9.17) is 18.9 Å². The molecule has 3 aromatic rings. The Hall–Kier alpha value is -3.33. The Bertz CT molecular complexity index is 1260. The summed E-state index contributed by atoms with van der Waals surface area (Å²) >= 11 is 0. The minimum atomic E-state index is -2.10. The lowest BCUT2D eigenvalue weighted by molar-refractivity contribution is -0.0241. The van der Waals surface area contributed by atoms with Gasteiger partial charge in [0, 0.05) is 36.4 Å². The summed E-state index contributed by atoms with van der Waals surface area (Å²) in [7, 11) is 2.88. The number of carbonyl (C=O) groups is 1. The Morgan fingerprint density at radius 1 is 0.974 bits per heavy atom. The number of aliphatic hydroxyl groups excluding tert-OH is 1. The van der Waals surface area contributed by atoms with E-state index in [2.05, 4.69) is 37.5 Å². The van der Waals surface area contributed by atoms with E-state index in [1.54, 1.807) is 45.6 Å². The number of amides is 1. The molecule has 0 aliphatic carbocycles. The Balaban J connectivity index is 1.61. The molecule has 1 aliphatic heterocycles. The van der Waals surface area contributed by atoms with Crippen molar-refractivity contribution in [1.82, 2.24) is 0 Å². The summed E-state index contributed by atoms with van der Waals surface area (Å²) in [4.78, 5) is 12.9. The van der Waals surface area contributed by atoms with E-state index in [0.29, 0.717) is 23.4 Å². The number of methoxy groups -OCH3 is 3. The van der Waals surface area contributed by atoms with Crippen LogP contribution in [-0.4, -0.2) is 53.1 Å². The van der Waals surface area contributed by atoms with Crippen molar-refractivity contribution >= 4 is 24.9 Å². The molecular formula is C31H39NO6Si. The minimum Gasteiger partial charge on any atom is -0.497 e. The third-order valence-electron chi connectivity index (χ3n) is 8.04. The SMILES string of the molecule is COc1ccc(C(=O)Nc2ccc3c(c2)[C@@H](OC)[C@H](C)[C@@H](C(CCO)[Si](C)(C)c2ccc(OC)cc2)O3)cc1. The van der Waals surface area contributed by atoms with Crippen LogP contribution in [0.15, 0.2) is 66.7 Å². The van der Waals surface area contributed by atoms with Gasteiger partial charge in [-0.15, -0.1) is 0 Å². The first-order valence-corrected chi connectivity index (χ1v) is 16.3. The van der Waals surface area contributed by atoms with Crippen molar-refractivity contribution in [2.45, 2.75) is 44.2 Å². The summed E-state index contributed by atoms with van der Waals surface area (Å²) in [5.41, 5.74) is 2.26. The molecule has 3 aromatic carbocycles. The van der Waals surface area contributed by atoms with Crippen LogP contribution in [0.4, 0.5) is 5.69 Å². The fourth-order valence-electron chi connectivity index (χ4n) is 5.71. The maximum atomic E-state index is 12.9. The maximum Gasteiger partial charge on any atom is 0.255 e. The van der Waals surface area contributed by atoms with Crippen LogP contribution >= 0.6 is 0 Å². The van der Waals surface area contributed by atoms with Crippen molar-refractivity contribution in [2.24, 2.45) is 5.92 Å². The zero-order valence-corrected chi connectivity index (χ0v) is 24.6. The van der Waals surface area contributed by atoms with Crippen LogP contribution in [-0.2, 0) is 4.74 Å². The number of ether oxygens (including phenoxy) is 4. The number of fused-ring (bicyclic) bond motifs is 1. The van der Waals surface area contributed by atoms with Crippen LogP contribution in [0.3, 0.4) is 0 Å².